The highest BCUT2D eigenvalue weighted by Crippen LogP contribution is 2.45. The maximum Gasteiger partial charge on any atom is 0.275 e. The molecule has 2 aliphatic rings. The second-order valence-electron chi connectivity index (χ2n) is 9.38. The van der Waals surface area contributed by atoms with Crippen molar-refractivity contribution in [1.82, 2.24) is 29.4 Å². The molecule has 0 aliphatic carbocycles. The first kappa shape index (κ1) is 22.5. The number of pyridine rings is 1. The maximum atomic E-state index is 14.1. The minimum Gasteiger partial charge on any atom is -0.325 e. The highest BCUT2D eigenvalue weighted by molar-refractivity contribution is 5.96. The van der Waals surface area contributed by atoms with E-state index >= 15 is 0 Å². The van der Waals surface area contributed by atoms with Crippen LogP contribution in [0.1, 0.15) is 52.7 Å². The monoisotopic (exact) mass is 492 g/mol. The van der Waals surface area contributed by atoms with Crippen LogP contribution in [0.3, 0.4) is 0 Å². The quantitative estimate of drug-likeness (QED) is 0.390. The van der Waals surface area contributed by atoms with E-state index in [9.17, 15) is 18.0 Å². The van der Waals surface area contributed by atoms with E-state index < -0.39 is 17.5 Å². The third-order valence-electron chi connectivity index (χ3n) is 7.13. The number of rotatable bonds is 3. The molecule has 0 unspecified atom stereocenters. The molecule has 1 aromatic carbocycles. The number of nitrogens with zero attached hydrogens (tertiary/aromatic N) is 6. The number of carbonyl (C=O) groups is 1. The molecule has 36 heavy (non-hydrogen) atoms. The number of amides is 1. The minimum atomic E-state index is -1.50. The van der Waals surface area contributed by atoms with Crippen LogP contribution in [-0.2, 0) is 13.5 Å². The number of piperidine rings is 1. The van der Waals surface area contributed by atoms with Crippen LogP contribution < -0.4 is 0 Å². The molecule has 4 aromatic rings. The highest BCUT2D eigenvalue weighted by Gasteiger charge is 2.44. The molecule has 0 radical (unpaired) electrons. The smallest absolute Gasteiger partial charge is 0.275 e. The van der Waals surface area contributed by atoms with Crippen molar-refractivity contribution in [3.8, 4) is 16.9 Å². The summed E-state index contributed by atoms with van der Waals surface area (Å²) >= 11 is 0. The highest BCUT2D eigenvalue weighted by atomic mass is 19.2. The molecule has 7 nitrogen and oxygen atoms in total. The van der Waals surface area contributed by atoms with E-state index in [4.69, 9.17) is 5.10 Å². The summed E-state index contributed by atoms with van der Waals surface area (Å²) in [5.41, 5.74) is 3.94. The molecule has 0 spiro atoms. The molecule has 2 aliphatic heterocycles. The van der Waals surface area contributed by atoms with E-state index in [0.29, 0.717) is 35.6 Å². The summed E-state index contributed by atoms with van der Waals surface area (Å²) in [6, 6.07) is 7.02. The van der Waals surface area contributed by atoms with Gasteiger partial charge in [0.15, 0.2) is 23.1 Å². The van der Waals surface area contributed by atoms with Gasteiger partial charge in [-0.25, -0.2) is 22.8 Å². The minimum absolute atomic E-state index is 0.130. The summed E-state index contributed by atoms with van der Waals surface area (Å²) in [4.78, 5) is 20.5. The molecule has 3 aromatic heterocycles. The van der Waals surface area contributed by atoms with Gasteiger partial charge in [-0.1, -0.05) is 0 Å². The number of fused-ring (bicyclic) bond motifs is 4. The van der Waals surface area contributed by atoms with Crippen LogP contribution in [0.25, 0.3) is 16.9 Å². The van der Waals surface area contributed by atoms with Crippen molar-refractivity contribution in [2.75, 3.05) is 0 Å². The molecule has 1 amide bonds. The Balaban J connectivity index is 1.45. The molecule has 184 valence electrons. The molecule has 5 heterocycles. The molecule has 1 saturated heterocycles. The first-order valence-electron chi connectivity index (χ1n) is 11.8. The standard InChI is InChI=1S/C26H23F3N6O/c1-14-7-8-20(34-10-4-9-30-34)24(31-14)26(36)35-16-5-3-6-21(35)23-17(13-16)25(33(2)32-23)15-11-18(27)22(29)19(28)12-15/h4,7-12,16,21H,3,5-6,13H2,1-2H3/t16-,21+/m1/s1. The van der Waals surface area contributed by atoms with E-state index in [1.165, 1.54) is 0 Å². The summed E-state index contributed by atoms with van der Waals surface area (Å²) in [6.45, 7) is 1.84. The molecular weight excluding hydrogens is 469 g/mol. The van der Waals surface area contributed by atoms with E-state index in [1.54, 1.807) is 34.9 Å². The van der Waals surface area contributed by atoms with E-state index in [2.05, 4.69) is 10.1 Å². The second kappa shape index (κ2) is 8.32. The molecule has 10 heteroatoms. The molecular formula is C26H23F3N6O. The summed E-state index contributed by atoms with van der Waals surface area (Å²) in [5.74, 6) is -4.19. The molecule has 6 rings (SSSR count). The van der Waals surface area contributed by atoms with Crippen LogP contribution in [0, 0.1) is 24.4 Å². The summed E-state index contributed by atoms with van der Waals surface area (Å²) < 4.78 is 44.9. The van der Waals surface area contributed by atoms with Gasteiger partial charge in [0.1, 0.15) is 0 Å². The van der Waals surface area contributed by atoms with Gasteiger partial charge in [0, 0.05) is 42.3 Å². The Morgan fingerprint density at radius 1 is 1.11 bits per heavy atom. The van der Waals surface area contributed by atoms with Gasteiger partial charge in [0.25, 0.3) is 5.91 Å². The van der Waals surface area contributed by atoms with Gasteiger partial charge in [0.2, 0.25) is 0 Å². The fourth-order valence-electron chi connectivity index (χ4n) is 5.63. The predicted octanol–water partition coefficient (Wildman–Crippen LogP) is 4.69. The van der Waals surface area contributed by atoms with Gasteiger partial charge in [-0.05, 0) is 62.9 Å². The molecule has 1 fully saturated rings. The van der Waals surface area contributed by atoms with Gasteiger partial charge >= 0.3 is 0 Å². The number of aromatic nitrogens is 5. The Morgan fingerprint density at radius 2 is 1.89 bits per heavy atom. The van der Waals surface area contributed by atoms with Gasteiger partial charge in [-0.3, -0.25) is 9.48 Å². The zero-order chi connectivity index (χ0) is 25.1. The number of hydrogen-bond acceptors (Lipinski definition) is 4. The summed E-state index contributed by atoms with van der Waals surface area (Å²) in [5, 5.41) is 8.98. The van der Waals surface area contributed by atoms with Crippen molar-refractivity contribution < 1.29 is 18.0 Å². The lowest BCUT2D eigenvalue weighted by atomic mass is 9.81. The van der Waals surface area contributed by atoms with Crippen LogP contribution in [0.15, 0.2) is 42.7 Å². The summed E-state index contributed by atoms with van der Waals surface area (Å²) in [6.07, 6.45) is 6.31. The van der Waals surface area contributed by atoms with Gasteiger partial charge in [0.05, 0.1) is 23.1 Å². The van der Waals surface area contributed by atoms with Crippen LogP contribution in [0.4, 0.5) is 13.2 Å². The average Bonchev–Trinajstić information content (AvgIpc) is 3.49. The average molecular weight is 493 g/mol. The third-order valence-corrected chi connectivity index (χ3v) is 7.13. The zero-order valence-electron chi connectivity index (χ0n) is 19.8. The van der Waals surface area contributed by atoms with Crippen molar-refractivity contribution in [3.05, 3.63) is 82.8 Å². The van der Waals surface area contributed by atoms with Crippen LogP contribution >= 0.6 is 0 Å². The SMILES string of the molecule is Cc1ccc(-n2cccn2)c(C(=O)N2[C@@H]3CCC[C@H]2c2nn(C)c(-c4cc(F)c(F)c(F)c4)c2C3)n1. The van der Waals surface area contributed by atoms with E-state index in [-0.39, 0.29) is 23.6 Å². The van der Waals surface area contributed by atoms with Crippen LogP contribution in [0.5, 0.6) is 0 Å². The number of hydrogen-bond donors (Lipinski definition) is 0. The number of halogens is 3. The Morgan fingerprint density at radius 3 is 2.61 bits per heavy atom. The van der Waals surface area contributed by atoms with Crippen molar-refractivity contribution in [2.45, 2.75) is 44.7 Å². The number of carbonyl (C=O) groups excluding carboxylic acids is 1. The maximum absolute atomic E-state index is 14.1. The molecule has 0 N–H and O–H groups in total. The first-order valence-corrected chi connectivity index (χ1v) is 11.8. The lowest BCUT2D eigenvalue weighted by molar-refractivity contribution is 0.0385. The van der Waals surface area contributed by atoms with Crippen LogP contribution in [-0.4, -0.2) is 41.4 Å². The van der Waals surface area contributed by atoms with E-state index in [0.717, 1.165) is 36.2 Å². The molecule has 0 saturated carbocycles. The van der Waals surface area contributed by atoms with Crippen molar-refractivity contribution in [2.24, 2.45) is 7.05 Å². The van der Waals surface area contributed by atoms with Crippen molar-refractivity contribution in [1.29, 1.82) is 0 Å². The van der Waals surface area contributed by atoms with Gasteiger partial charge < -0.3 is 4.90 Å². The van der Waals surface area contributed by atoms with Gasteiger partial charge in [-0.2, -0.15) is 10.2 Å². The number of benzene rings is 1. The summed E-state index contributed by atoms with van der Waals surface area (Å²) in [7, 11) is 1.70. The predicted molar refractivity (Wildman–Crippen MR) is 125 cm³/mol. The lowest BCUT2D eigenvalue weighted by Gasteiger charge is -2.45. The topological polar surface area (TPSA) is 68.8 Å². The zero-order valence-corrected chi connectivity index (χ0v) is 19.8. The first-order chi connectivity index (χ1) is 17.3. The van der Waals surface area contributed by atoms with E-state index in [1.807, 2.05) is 24.0 Å². The second-order valence-corrected chi connectivity index (χ2v) is 9.38. The largest absolute Gasteiger partial charge is 0.325 e. The Hall–Kier alpha value is -3.95. The lowest BCUT2D eigenvalue weighted by Crippen LogP contribution is -2.50. The Kier molecular flexibility index (Phi) is 5.20. The van der Waals surface area contributed by atoms with Gasteiger partial charge in [-0.15, -0.1) is 0 Å². The van der Waals surface area contributed by atoms with Crippen molar-refractivity contribution in [3.63, 3.8) is 0 Å². The number of aryl methyl sites for hydroxylation is 2. The van der Waals surface area contributed by atoms with Crippen LogP contribution in [0.2, 0.25) is 0 Å². The third kappa shape index (κ3) is 3.42. The molecule has 2 bridgehead atoms. The molecule has 2 atom stereocenters. The Labute approximate surface area is 205 Å². The normalized spacial score (nSPS) is 18.9. The fourth-order valence-corrected chi connectivity index (χ4v) is 5.63. The van der Waals surface area contributed by atoms with Crippen molar-refractivity contribution >= 4 is 5.91 Å². The Bertz CT molecular complexity index is 1470. The fraction of sp³-hybridized carbons (Fsp3) is 0.308.